The minimum atomic E-state index is -0.156. The molecule has 4 nitrogen and oxygen atoms in total. The first kappa shape index (κ1) is 11.7. The standard InChI is InChI=1S/C11H15BrN2O2/c12-10-5-4-9(16-10)11(15)14-8-3-1-2-7(8)6-13/h4-5,7-8H,1-3,6,13H2,(H,14,15). The van der Waals surface area contributed by atoms with Gasteiger partial charge in [0.1, 0.15) is 0 Å². The molecule has 0 radical (unpaired) electrons. The summed E-state index contributed by atoms with van der Waals surface area (Å²) in [5.74, 6) is 0.591. The number of carbonyl (C=O) groups is 1. The maximum atomic E-state index is 11.8. The maximum absolute atomic E-state index is 11.8. The van der Waals surface area contributed by atoms with Crippen molar-refractivity contribution in [3.8, 4) is 0 Å². The molecule has 0 spiro atoms. The quantitative estimate of drug-likeness (QED) is 0.892. The summed E-state index contributed by atoms with van der Waals surface area (Å²) in [7, 11) is 0. The molecule has 16 heavy (non-hydrogen) atoms. The molecule has 1 aliphatic rings. The van der Waals surface area contributed by atoms with Crippen molar-refractivity contribution in [1.82, 2.24) is 5.32 Å². The molecular weight excluding hydrogens is 272 g/mol. The zero-order valence-corrected chi connectivity index (χ0v) is 10.5. The van der Waals surface area contributed by atoms with Gasteiger partial charge in [0.25, 0.3) is 5.91 Å². The molecule has 3 N–H and O–H groups in total. The van der Waals surface area contributed by atoms with Crippen LogP contribution in [0.25, 0.3) is 0 Å². The zero-order valence-electron chi connectivity index (χ0n) is 8.91. The number of hydrogen-bond donors (Lipinski definition) is 2. The zero-order chi connectivity index (χ0) is 11.5. The lowest BCUT2D eigenvalue weighted by Gasteiger charge is -2.18. The molecule has 1 aromatic heterocycles. The van der Waals surface area contributed by atoms with E-state index in [0.717, 1.165) is 19.3 Å². The molecule has 0 bridgehead atoms. The van der Waals surface area contributed by atoms with Gasteiger partial charge >= 0.3 is 0 Å². The average Bonchev–Trinajstić information content (AvgIpc) is 2.86. The van der Waals surface area contributed by atoms with Gasteiger partial charge < -0.3 is 15.5 Å². The summed E-state index contributed by atoms with van der Waals surface area (Å²) < 4.78 is 5.77. The second-order valence-electron chi connectivity index (χ2n) is 4.11. The highest BCUT2D eigenvalue weighted by atomic mass is 79.9. The Labute approximate surface area is 103 Å². The summed E-state index contributed by atoms with van der Waals surface area (Å²) in [5.41, 5.74) is 5.66. The van der Waals surface area contributed by atoms with Crippen molar-refractivity contribution in [1.29, 1.82) is 0 Å². The topological polar surface area (TPSA) is 68.3 Å². The fourth-order valence-corrected chi connectivity index (χ4v) is 2.49. The number of carbonyl (C=O) groups excluding carboxylic acids is 1. The van der Waals surface area contributed by atoms with Crippen LogP contribution in [0, 0.1) is 5.92 Å². The molecule has 2 atom stereocenters. The Kier molecular flexibility index (Phi) is 3.66. The first-order chi connectivity index (χ1) is 7.70. The first-order valence-corrected chi connectivity index (χ1v) is 6.26. The molecule has 0 saturated heterocycles. The van der Waals surface area contributed by atoms with Crippen molar-refractivity contribution in [2.45, 2.75) is 25.3 Å². The van der Waals surface area contributed by atoms with E-state index in [1.54, 1.807) is 12.1 Å². The van der Waals surface area contributed by atoms with Crippen LogP contribution in [-0.2, 0) is 0 Å². The van der Waals surface area contributed by atoms with Crippen LogP contribution < -0.4 is 11.1 Å². The van der Waals surface area contributed by atoms with E-state index in [0.29, 0.717) is 22.9 Å². The fourth-order valence-electron chi connectivity index (χ4n) is 2.18. The normalized spacial score (nSPS) is 24.6. The van der Waals surface area contributed by atoms with Crippen molar-refractivity contribution in [3.05, 3.63) is 22.6 Å². The molecule has 1 fully saturated rings. The number of hydrogen-bond acceptors (Lipinski definition) is 3. The van der Waals surface area contributed by atoms with Crippen LogP contribution >= 0.6 is 15.9 Å². The molecule has 1 aromatic rings. The van der Waals surface area contributed by atoms with Gasteiger partial charge in [0.15, 0.2) is 10.4 Å². The Morgan fingerprint density at radius 2 is 2.38 bits per heavy atom. The average molecular weight is 287 g/mol. The van der Waals surface area contributed by atoms with Gasteiger partial charge in [-0.2, -0.15) is 0 Å². The van der Waals surface area contributed by atoms with Gasteiger partial charge in [0.05, 0.1) is 0 Å². The Morgan fingerprint density at radius 1 is 1.56 bits per heavy atom. The van der Waals surface area contributed by atoms with Crippen LogP contribution in [0.1, 0.15) is 29.8 Å². The smallest absolute Gasteiger partial charge is 0.287 e. The molecule has 2 unspecified atom stereocenters. The van der Waals surface area contributed by atoms with E-state index < -0.39 is 0 Å². The van der Waals surface area contributed by atoms with Crippen molar-refractivity contribution in [2.75, 3.05) is 6.54 Å². The number of nitrogens with one attached hydrogen (secondary N) is 1. The Hall–Kier alpha value is -0.810. The van der Waals surface area contributed by atoms with E-state index >= 15 is 0 Å². The van der Waals surface area contributed by atoms with Gasteiger partial charge in [0.2, 0.25) is 0 Å². The van der Waals surface area contributed by atoms with E-state index in [4.69, 9.17) is 10.2 Å². The van der Waals surface area contributed by atoms with Crippen LogP contribution in [-0.4, -0.2) is 18.5 Å². The highest BCUT2D eigenvalue weighted by molar-refractivity contribution is 9.10. The Morgan fingerprint density at radius 3 is 3.00 bits per heavy atom. The molecule has 0 aromatic carbocycles. The van der Waals surface area contributed by atoms with E-state index in [9.17, 15) is 4.79 Å². The van der Waals surface area contributed by atoms with E-state index in [2.05, 4.69) is 21.2 Å². The minimum absolute atomic E-state index is 0.156. The summed E-state index contributed by atoms with van der Waals surface area (Å²) >= 11 is 3.17. The molecule has 0 aliphatic heterocycles. The summed E-state index contributed by atoms with van der Waals surface area (Å²) in [4.78, 5) is 11.8. The molecule has 2 rings (SSSR count). The Bertz CT molecular complexity index is 378. The number of halogens is 1. The van der Waals surface area contributed by atoms with Crippen molar-refractivity contribution in [3.63, 3.8) is 0 Å². The third-order valence-corrected chi connectivity index (χ3v) is 3.50. The second-order valence-corrected chi connectivity index (χ2v) is 4.89. The summed E-state index contributed by atoms with van der Waals surface area (Å²) in [6.45, 7) is 0.632. The van der Waals surface area contributed by atoms with Gasteiger partial charge in [-0.25, -0.2) is 0 Å². The molecule has 1 heterocycles. The van der Waals surface area contributed by atoms with Crippen molar-refractivity contribution >= 4 is 21.8 Å². The number of nitrogens with two attached hydrogens (primary N) is 1. The highest BCUT2D eigenvalue weighted by Crippen LogP contribution is 2.25. The van der Waals surface area contributed by atoms with Crippen LogP contribution in [0.15, 0.2) is 21.2 Å². The van der Waals surface area contributed by atoms with E-state index in [1.165, 1.54) is 0 Å². The minimum Gasteiger partial charge on any atom is -0.444 e. The van der Waals surface area contributed by atoms with E-state index in [-0.39, 0.29) is 11.9 Å². The number of rotatable bonds is 3. The lowest BCUT2D eigenvalue weighted by atomic mass is 10.0. The highest BCUT2D eigenvalue weighted by Gasteiger charge is 2.28. The third-order valence-electron chi connectivity index (χ3n) is 3.08. The molecule has 1 amide bonds. The first-order valence-electron chi connectivity index (χ1n) is 5.47. The second kappa shape index (κ2) is 5.01. The summed E-state index contributed by atoms with van der Waals surface area (Å²) in [6.07, 6.45) is 3.24. The third kappa shape index (κ3) is 2.47. The fraction of sp³-hybridized carbons (Fsp3) is 0.545. The molecular formula is C11H15BrN2O2. The lowest BCUT2D eigenvalue weighted by Crippen LogP contribution is -2.39. The van der Waals surface area contributed by atoms with Crippen LogP contribution in [0.3, 0.4) is 0 Å². The maximum Gasteiger partial charge on any atom is 0.287 e. The lowest BCUT2D eigenvalue weighted by molar-refractivity contribution is 0.0899. The Balaban J connectivity index is 1.97. The van der Waals surface area contributed by atoms with Gasteiger partial charge in [0, 0.05) is 6.04 Å². The van der Waals surface area contributed by atoms with Crippen LogP contribution in [0.5, 0.6) is 0 Å². The van der Waals surface area contributed by atoms with Crippen molar-refractivity contribution in [2.24, 2.45) is 11.7 Å². The molecule has 1 aliphatic carbocycles. The predicted octanol–water partition coefficient (Wildman–Crippen LogP) is 1.90. The molecule has 5 heteroatoms. The number of furan rings is 1. The summed E-state index contributed by atoms with van der Waals surface area (Å²) in [5, 5.41) is 2.98. The van der Waals surface area contributed by atoms with Crippen LogP contribution in [0.4, 0.5) is 0 Å². The predicted molar refractivity (Wildman–Crippen MR) is 64.1 cm³/mol. The van der Waals surface area contributed by atoms with Gasteiger partial charge in [-0.1, -0.05) is 6.42 Å². The molecule has 1 saturated carbocycles. The van der Waals surface area contributed by atoms with Crippen molar-refractivity contribution < 1.29 is 9.21 Å². The molecule has 88 valence electrons. The monoisotopic (exact) mass is 286 g/mol. The van der Waals surface area contributed by atoms with Gasteiger partial charge in [-0.3, -0.25) is 4.79 Å². The van der Waals surface area contributed by atoms with Gasteiger partial charge in [-0.15, -0.1) is 0 Å². The largest absolute Gasteiger partial charge is 0.444 e. The van der Waals surface area contributed by atoms with Crippen LogP contribution in [0.2, 0.25) is 0 Å². The van der Waals surface area contributed by atoms with E-state index in [1.807, 2.05) is 0 Å². The number of amides is 1. The summed E-state index contributed by atoms with van der Waals surface area (Å²) in [6, 6.07) is 3.57. The SMILES string of the molecule is NCC1CCCC1NC(=O)c1ccc(Br)o1. The van der Waals surface area contributed by atoms with Gasteiger partial charge in [-0.05, 0) is 53.4 Å².